The van der Waals surface area contributed by atoms with Crippen molar-refractivity contribution in [1.82, 2.24) is 0 Å². The molecule has 0 saturated heterocycles. The Labute approximate surface area is 87.2 Å². The van der Waals surface area contributed by atoms with E-state index in [2.05, 4.69) is 13.5 Å². The standard InChI is InChI=1S/C10H20O3Si/c1-5-7-10(11)13-9-14(4,12-3)8-6-2/h5,7H,6,8-9H2,1-4H3. The topological polar surface area (TPSA) is 35.5 Å². The Morgan fingerprint density at radius 1 is 1.50 bits per heavy atom. The molecule has 0 fully saturated rings. The Balaban J connectivity index is 4.00. The van der Waals surface area contributed by atoms with E-state index >= 15 is 0 Å². The molecule has 0 aliphatic heterocycles. The third-order valence-electron chi connectivity index (χ3n) is 2.09. The van der Waals surface area contributed by atoms with Crippen molar-refractivity contribution in [2.75, 3.05) is 13.3 Å². The van der Waals surface area contributed by atoms with Gasteiger partial charge in [0.1, 0.15) is 6.23 Å². The van der Waals surface area contributed by atoms with Crippen LogP contribution in [0.5, 0.6) is 0 Å². The third-order valence-corrected chi connectivity index (χ3v) is 5.39. The van der Waals surface area contributed by atoms with Crippen molar-refractivity contribution in [3.05, 3.63) is 12.2 Å². The maximum absolute atomic E-state index is 11.1. The van der Waals surface area contributed by atoms with E-state index in [-0.39, 0.29) is 5.97 Å². The lowest BCUT2D eigenvalue weighted by molar-refractivity contribution is -0.136. The predicted octanol–water partition coefficient (Wildman–Crippen LogP) is 2.28. The van der Waals surface area contributed by atoms with Crippen molar-refractivity contribution in [3.8, 4) is 0 Å². The van der Waals surface area contributed by atoms with Gasteiger partial charge < -0.3 is 9.16 Å². The van der Waals surface area contributed by atoms with Crippen molar-refractivity contribution >= 4 is 14.3 Å². The second-order valence-electron chi connectivity index (χ2n) is 3.51. The number of hydrogen-bond donors (Lipinski definition) is 0. The Kier molecular flexibility index (Phi) is 6.49. The average molecular weight is 216 g/mol. The first-order valence-corrected chi connectivity index (χ1v) is 7.75. The van der Waals surface area contributed by atoms with Crippen molar-refractivity contribution in [1.29, 1.82) is 0 Å². The maximum atomic E-state index is 11.1. The number of carbonyl (C=O) groups is 1. The first-order valence-electron chi connectivity index (χ1n) is 4.92. The number of hydrogen-bond acceptors (Lipinski definition) is 3. The molecule has 0 rings (SSSR count). The minimum atomic E-state index is -1.79. The number of ether oxygens (including phenoxy) is 1. The summed E-state index contributed by atoms with van der Waals surface area (Å²) in [5.74, 6) is -0.278. The quantitative estimate of drug-likeness (QED) is 0.388. The van der Waals surface area contributed by atoms with Crippen LogP contribution in [0.4, 0.5) is 0 Å². The monoisotopic (exact) mass is 216 g/mol. The van der Waals surface area contributed by atoms with Crippen LogP contribution in [0, 0.1) is 0 Å². The van der Waals surface area contributed by atoms with Gasteiger partial charge in [0.15, 0.2) is 0 Å². The zero-order valence-electron chi connectivity index (χ0n) is 9.50. The molecule has 0 aromatic carbocycles. The molecule has 82 valence electrons. The van der Waals surface area contributed by atoms with Gasteiger partial charge in [-0.25, -0.2) is 4.79 Å². The van der Waals surface area contributed by atoms with E-state index in [0.29, 0.717) is 6.23 Å². The lowest BCUT2D eigenvalue weighted by Gasteiger charge is -2.23. The van der Waals surface area contributed by atoms with Gasteiger partial charge in [-0.05, 0) is 19.5 Å². The number of esters is 1. The van der Waals surface area contributed by atoms with Crippen LogP contribution in [-0.2, 0) is 14.0 Å². The van der Waals surface area contributed by atoms with E-state index < -0.39 is 8.32 Å². The molecular weight excluding hydrogens is 196 g/mol. The van der Waals surface area contributed by atoms with Crippen molar-refractivity contribution < 1.29 is 14.0 Å². The minimum Gasteiger partial charge on any atom is -0.463 e. The fourth-order valence-corrected chi connectivity index (χ4v) is 3.14. The van der Waals surface area contributed by atoms with E-state index in [4.69, 9.17) is 9.16 Å². The highest BCUT2D eigenvalue weighted by atomic mass is 28.4. The summed E-state index contributed by atoms with van der Waals surface area (Å²) < 4.78 is 10.5. The Hall–Kier alpha value is -0.613. The van der Waals surface area contributed by atoms with Crippen molar-refractivity contribution in [2.24, 2.45) is 0 Å². The zero-order chi connectivity index (χ0) is 11.0. The van der Waals surface area contributed by atoms with Crippen LogP contribution in [-0.4, -0.2) is 27.6 Å². The van der Waals surface area contributed by atoms with Crippen LogP contribution in [0.25, 0.3) is 0 Å². The lowest BCUT2D eigenvalue weighted by Crippen LogP contribution is -2.39. The van der Waals surface area contributed by atoms with E-state index in [1.165, 1.54) is 6.08 Å². The molecule has 0 spiro atoms. The highest BCUT2D eigenvalue weighted by Crippen LogP contribution is 2.13. The van der Waals surface area contributed by atoms with Gasteiger partial charge in [-0.1, -0.05) is 19.4 Å². The van der Waals surface area contributed by atoms with Gasteiger partial charge >= 0.3 is 5.97 Å². The average Bonchev–Trinajstić information content (AvgIpc) is 2.16. The molecule has 4 heteroatoms. The van der Waals surface area contributed by atoms with Crippen LogP contribution in [0.15, 0.2) is 12.2 Å². The number of rotatable bonds is 6. The first kappa shape index (κ1) is 13.4. The first-order chi connectivity index (χ1) is 6.58. The SMILES string of the molecule is CC=CC(=O)OC[Si](C)(CCC)OC. The van der Waals surface area contributed by atoms with Crippen LogP contribution in [0.1, 0.15) is 20.3 Å². The summed E-state index contributed by atoms with van der Waals surface area (Å²) in [6.07, 6.45) is 4.61. The lowest BCUT2D eigenvalue weighted by atomic mass is 10.5. The molecule has 1 atom stereocenters. The Morgan fingerprint density at radius 3 is 2.57 bits per heavy atom. The maximum Gasteiger partial charge on any atom is 0.330 e. The molecular formula is C10H20O3Si. The predicted molar refractivity (Wildman–Crippen MR) is 59.5 cm³/mol. The normalized spacial score (nSPS) is 15.4. The summed E-state index contributed by atoms with van der Waals surface area (Å²) in [5, 5.41) is 0. The highest BCUT2D eigenvalue weighted by Gasteiger charge is 2.28. The molecule has 0 saturated carbocycles. The molecule has 1 unspecified atom stereocenters. The number of allylic oxidation sites excluding steroid dienone is 1. The smallest absolute Gasteiger partial charge is 0.330 e. The van der Waals surface area contributed by atoms with Crippen molar-refractivity contribution in [2.45, 2.75) is 32.9 Å². The summed E-state index contributed by atoms with van der Waals surface area (Å²) in [4.78, 5) is 11.1. The fraction of sp³-hybridized carbons (Fsp3) is 0.700. The van der Waals surface area contributed by atoms with Gasteiger partial charge in [0.2, 0.25) is 8.32 Å². The molecule has 0 amide bonds. The molecule has 0 heterocycles. The summed E-state index contributed by atoms with van der Waals surface area (Å²) in [7, 11) is -0.0923. The summed E-state index contributed by atoms with van der Waals surface area (Å²) >= 11 is 0. The van der Waals surface area contributed by atoms with E-state index in [0.717, 1.165) is 12.5 Å². The zero-order valence-corrected chi connectivity index (χ0v) is 10.5. The molecule has 0 bridgehead atoms. The van der Waals surface area contributed by atoms with Crippen LogP contribution < -0.4 is 0 Å². The second kappa shape index (κ2) is 6.78. The fourth-order valence-electron chi connectivity index (χ4n) is 1.17. The molecule has 0 aliphatic rings. The van der Waals surface area contributed by atoms with Gasteiger partial charge in [-0.2, -0.15) is 0 Å². The Morgan fingerprint density at radius 2 is 2.14 bits per heavy atom. The van der Waals surface area contributed by atoms with Crippen LogP contribution in [0.3, 0.4) is 0 Å². The van der Waals surface area contributed by atoms with Gasteiger partial charge in [0.25, 0.3) is 0 Å². The van der Waals surface area contributed by atoms with E-state index in [1.807, 2.05) is 0 Å². The summed E-state index contributed by atoms with van der Waals surface area (Å²) in [6, 6.07) is 1.02. The van der Waals surface area contributed by atoms with Crippen LogP contribution >= 0.6 is 0 Å². The van der Waals surface area contributed by atoms with E-state index in [9.17, 15) is 4.79 Å². The van der Waals surface area contributed by atoms with Gasteiger partial charge in [0, 0.05) is 13.2 Å². The largest absolute Gasteiger partial charge is 0.463 e. The minimum absolute atomic E-state index is 0.278. The van der Waals surface area contributed by atoms with Crippen molar-refractivity contribution in [3.63, 3.8) is 0 Å². The van der Waals surface area contributed by atoms with Gasteiger partial charge in [0.05, 0.1) is 0 Å². The molecule has 0 aromatic heterocycles. The molecule has 0 N–H and O–H groups in total. The molecule has 14 heavy (non-hydrogen) atoms. The van der Waals surface area contributed by atoms with Gasteiger partial charge in [-0.15, -0.1) is 0 Å². The molecule has 0 aliphatic carbocycles. The molecule has 0 aromatic rings. The molecule has 0 radical (unpaired) electrons. The summed E-state index contributed by atoms with van der Waals surface area (Å²) in [5.41, 5.74) is 0. The molecule has 3 nitrogen and oxygen atoms in total. The van der Waals surface area contributed by atoms with E-state index in [1.54, 1.807) is 20.1 Å². The summed E-state index contributed by atoms with van der Waals surface area (Å²) in [6.45, 7) is 5.98. The third kappa shape index (κ3) is 5.19. The highest BCUT2D eigenvalue weighted by molar-refractivity contribution is 6.72. The van der Waals surface area contributed by atoms with Gasteiger partial charge in [-0.3, -0.25) is 0 Å². The van der Waals surface area contributed by atoms with Crippen LogP contribution in [0.2, 0.25) is 12.6 Å². The number of carbonyl (C=O) groups excluding carboxylic acids is 1. The Bertz CT molecular complexity index is 204. The second-order valence-corrected chi connectivity index (χ2v) is 7.61.